The van der Waals surface area contributed by atoms with E-state index in [9.17, 15) is 0 Å². The maximum Gasteiger partial charge on any atom is 0.251 e. The Morgan fingerprint density at radius 2 is 2.36 bits per heavy atom. The highest BCUT2D eigenvalue weighted by molar-refractivity contribution is 5.35. The molecule has 0 fully saturated rings. The molecule has 0 unspecified atom stereocenters. The molecule has 0 spiro atoms. The van der Waals surface area contributed by atoms with Crippen molar-refractivity contribution in [3.63, 3.8) is 0 Å². The first-order chi connectivity index (χ1) is 6.74. The molecule has 0 N–H and O–H groups in total. The minimum absolute atomic E-state index is 0.303. The van der Waals surface area contributed by atoms with Gasteiger partial charge in [-0.05, 0) is 20.2 Å². The molecule has 74 valence electrons. The highest BCUT2D eigenvalue weighted by Crippen LogP contribution is 2.10. The number of hydrogen-bond acceptors (Lipinski definition) is 5. The van der Waals surface area contributed by atoms with Crippen LogP contribution in [0.2, 0.25) is 0 Å². The first-order valence-corrected chi connectivity index (χ1v) is 4.23. The lowest BCUT2D eigenvalue weighted by atomic mass is 10.3. The van der Waals surface area contributed by atoms with Crippen LogP contribution in [0.3, 0.4) is 0 Å². The Morgan fingerprint density at radius 1 is 1.57 bits per heavy atom. The zero-order valence-electron chi connectivity index (χ0n) is 8.27. The molecule has 0 saturated carbocycles. The number of ether oxygens (including phenoxy) is 1. The summed E-state index contributed by atoms with van der Waals surface area (Å²) in [5.41, 5.74) is 0.416. The summed E-state index contributed by atoms with van der Waals surface area (Å²) < 4.78 is 5.30. The number of nitriles is 1. The summed E-state index contributed by atoms with van der Waals surface area (Å²) in [6.07, 6.45) is 1.47. The minimum Gasteiger partial charge on any atom is -0.474 e. The zero-order chi connectivity index (χ0) is 10.4. The van der Waals surface area contributed by atoms with E-state index in [2.05, 4.69) is 10.2 Å². The Morgan fingerprint density at radius 3 is 3.00 bits per heavy atom. The largest absolute Gasteiger partial charge is 0.474 e. The van der Waals surface area contributed by atoms with Gasteiger partial charge in [-0.25, -0.2) is 0 Å². The van der Waals surface area contributed by atoms with Crippen molar-refractivity contribution in [3.05, 3.63) is 17.8 Å². The van der Waals surface area contributed by atoms with Crippen molar-refractivity contribution >= 4 is 0 Å². The second kappa shape index (κ2) is 5.14. The number of nitrogens with zero attached hydrogens (tertiary/aromatic N) is 4. The molecule has 1 rings (SSSR count). The van der Waals surface area contributed by atoms with Crippen molar-refractivity contribution in [1.82, 2.24) is 15.1 Å². The van der Waals surface area contributed by atoms with Gasteiger partial charge < -0.3 is 9.64 Å². The summed E-state index contributed by atoms with van der Waals surface area (Å²) in [7, 11) is 3.90. The quantitative estimate of drug-likeness (QED) is 0.686. The van der Waals surface area contributed by atoms with Crippen LogP contribution in [0.25, 0.3) is 0 Å². The van der Waals surface area contributed by atoms with Gasteiger partial charge in [0.2, 0.25) is 0 Å². The smallest absolute Gasteiger partial charge is 0.251 e. The van der Waals surface area contributed by atoms with E-state index in [1.807, 2.05) is 25.1 Å². The van der Waals surface area contributed by atoms with Crippen molar-refractivity contribution in [3.8, 4) is 11.9 Å². The van der Waals surface area contributed by atoms with E-state index in [0.29, 0.717) is 18.1 Å². The number of rotatable bonds is 4. The summed E-state index contributed by atoms with van der Waals surface area (Å²) in [5, 5.41) is 16.1. The number of hydrogen-bond donors (Lipinski definition) is 0. The summed E-state index contributed by atoms with van der Waals surface area (Å²) in [6, 6.07) is 3.57. The maximum absolute atomic E-state index is 8.72. The van der Waals surface area contributed by atoms with Crippen LogP contribution in [-0.2, 0) is 0 Å². The monoisotopic (exact) mass is 192 g/mol. The fourth-order valence-electron chi connectivity index (χ4n) is 0.835. The van der Waals surface area contributed by atoms with Crippen molar-refractivity contribution in [2.75, 3.05) is 27.2 Å². The van der Waals surface area contributed by atoms with E-state index in [1.165, 1.54) is 6.20 Å². The van der Waals surface area contributed by atoms with E-state index in [0.717, 1.165) is 6.54 Å². The topological polar surface area (TPSA) is 62.0 Å². The van der Waals surface area contributed by atoms with Crippen molar-refractivity contribution < 1.29 is 4.74 Å². The molecule has 0 aliphatic heterocycles. The van der Waals surface area contributed by atoms with Gasteiger partial charge in [0, 0.05) is 6.54 Å². The van der Waals surface area contributed by atoms with Crippen molar-refractivity contribution in [2.45, 2.75) is 0 Å². The first kappa shape index (κ1) is 10.4. The fraction of sp³-hybridized carbons (Fsp3) is 0.444. The lowest BCUT2D eigenvalue weighted by molar-refractivity contribution is 0.251. The van der Waals surface area contributed by atoms with Crippen LogP contribution in [0.5, 0.6) is 5.88 Å². The molecule has 0 aliphatic carbocycles. The van der Waals surface area contributed by atoms with Gasteiger partial charge in [-0.15, -0.1) is 5.10 Å². The maximum atomic E-state index is 8.72. The molecule has 0 amide bonds. The van der Waals surface area contributed by atoms with E-state index >= 15 is 0 Å². The molecule has 14 heavy (non-hydrogen) atoms. The molecule has 5 heteroatoms. The second-order valence-corrected chi connectivity index (χ2v) is 3.01. The minimum atomic E-state index is 0.303. The zero-order valence-corrected chi connectivity index (χ0v) is 8.27. The second-order valence-electron chi connectivity index (χ2n) is 3.01. The van der Waals surface area contributed by atoms with E-state index in [1.54, 1.807) is 6.07 Å². The van der Waals surface area contributed by atoms with Gasteiger partial charge in [0.1, 0.15) is 18.2 Å². The third-order valence-electron chi connectivity index (χ3n) is 1.58. The van der Waals surface area contributed by atoms with Crippen molar-refractivity contribution in [2.24, 2.45) is 0 Å². The van der Waals surface area contributed by atoms with Gasteiger partial charge in [0.25, 0.3) is 5.88 Å². The van der Waals surface area contributed by atoms with Crippen molar-refractivity contribution in [1.29, 1.82) is 5.26 Å². The molecular formula is C9H12N4O. The molecule has 0 aliphatic rings. The summed E-state index contributed by atoms with van der Waals surface area (Å²) >= 11 is 0. The molecule has 5 nitrogen and oxygen atoms in total. The molecule has 0 saturated heterocycles. The van der Waals surface area contributed by atoms with E-state index in [4.69, 9.17) is 10.00 Å². The van der Waals surface area contributed by atoms with Crippen LogP contribution in [-0.4, -0.2) is 42.3 Å². The lowest BCUT2D eigenvalue weighted by Crippen LogP contribution is -2.20. The number of aromatic nitrogens is 2. The van der Waals surface area contributed by atoms with E-state index in [-0.39, 0.29) is 0 Å². The van der Waals surface area contributed by atoms with Crippen LogP contribution in [0.15, 0.2) is 12.3 Å². The molecule has 0 bridgehead atoms. The summed E-state index contributed by atoms with van der Waals surface area (Å²) in [6.45, 7) is 1.28. The lowest BCUT2D eigenvalue weighted by Gasteiger charge is -2.10. The van der Waals surface area contributed by atoms with Crippen LogP contribution in [0.1, 0.15) is 5.56 Å². The average molecular weight is 192 g/mol. The normalized spacial score (nSPS) is 9.86. The standard InChI is InChI=1S/C9H12N4O/c1-13(2)5-6-14-9-8(7-10)3-4-11-12-9/h3-4H,5-6H2,1-2H3. The Labute approximate surface area is 82.9 Å². The van der Waals surface area contributed by atoms with Gasteiger partial charge in [0.15, 0.2) is 0 Å². The van der Waals surface area contributed by atoms with Gasteiger partial charge >= 0.3 is 0 Å². The Bertz CT molecular complexity index is 332. The molecule has 0 radical (unpaired) electrons. The third kappa shape index (κ3) is 2.99. The molecule has 0 aromatic carbocycles. The molecule has 0 atom stereocenters. The Hall–Kier alpha value is -1.67. The van der Waals surface area contributed by atoms with Gasteiger partial charge in [-0.3, -0.25) is 0 Å². The fourth-order valence-corrected chi connectivity index (χ4v) is 0.835. The van der Waals surface area contributed by atoms with Crippen LogP contribution in [0, 0.1) is 11.3 Å². The van der Waals surface area contributed by atoms with Gasteiger partial charge in [0.05, 0.1) is 6.20 Å². The Kier molecular flexibility index (Phi) is 3.83. The predicted molar refractivity (Wildman–Crippen MR) is 50.8 cm³/mol. The molecule has 1 heterocycles. The van der Waals surface area contributed by atoms with Gasteiger partial charge in [-0.2, -0.15) is 10.4 Å². The van der Waals surface area contributed by atoms with Crippen LogP contribution in [0.4, 0.5) is 0 Å². The molecule has 1 aromatic rings. The third-order valence-corrected chi connectivity index (χ3v) is 1.58. The first-order valence-electron chi connectivity index (χ1n) is 4.23. The Balaban J connectivity index is 2.54. The SMILES string of the molecule is CN(C)CCOc1nnccc1C#N. The molecular weight excluding hydrogens is 180 g/mol. The number of likely N-dealkylation sites (N-methyl/N-ethyl adjacent to an activating group) is 1. The highest BCUT2D eigenvalue weighted by Gasteiger charge is 2.03. The van der Waals surface area contributed by atoms with E-state index < -0.39 is 0 Å². The molecule has 1 aromatic heterocycles. The van der Waals surface area contributed by atoms with Gasteiger partial charge in [-0.1, -0.05) is 0 Å². The van der Waals surface area contributed by atoms with Crippen LogP contribution < -0.4 is 4.74 Å². The highest BCUT2D eigenvalue weighted by atomic mass is 16.5. The summed E-state index contributed by atoms with van der Waals surface area (Å²) in [5.74, 6) is 0.303. The summed E-state index contributed by atoms with van der Waals surface area (Å²) in [4.78, 5) is 1.99. The predicted octanol–water partition coefficient (Wildman–Crippen LogP) is 0.289. The average Bonchev–Trinajstić information content (AvgIpc) is 2.18. The van der Waals surface area contributed by atoms with Crippen LogP contribution >= 0.6 is 0 Å².